The molecule has 4 nitrogen and oxygen atoms in total. The molecule has 2 atom stereocenters. The summed E-state index contributed by atoms with van der Waals surface area (Å²) in [6, 6.07) is 6.11. The molecule has 0 aliphatic carbocycles. The van der Waals surface area contributed by atoms with E-state index in [9.17, 15) is 18.0 Å². The molecule has 1 saturated heterocycles. The first kappa shape index (κ1) is 15.6. The van der Waals surface area contributed by atoms with E-state index in [1.54, 1.807) is 12.1 Å². The predicted octanol–water partition coefficient (Wildman–Crippen LogP) is 2.42. The lowest BCUT2D eigenvalue weighted by Crippen LogP contribution is -2.28. The van der Waals surface area contributed by atoms with Crippen LogP contribution in [-0.4, -0.2) is 31.8 Å². The number of carbonyl (C=O) groups excluding carboxylic acids is 1. The van der Waals surface area contributed by atoms with E-state index in [4.69, 9.17) is 4.74 Å². The lowest BCUT2D eigenvalue weighted by Gasteiger charge is -2.17. The highest BCUT2D eigenvalue weighted by Gasteiger charge is 2.31. The first-order valence-electron chi connectivity index (χ1n) is 6.67. The lowest BCUT2D eigenvalue weighted by atomic mass is 9.97. The summed E-state index contributed by atoms with van der Waals surface area (Å²) in [5.41, 5.74) is 0.255. The Morgan fingerprint density at radius 2 is 2.10 bits per heavy atom. The van der Waals surface area contributed by atoms with Crippen molar-refractivity contribution in [3.05, 3.63) is 24.3 Å². The van der Waals surface area contributed by atoms with Gasteiger partial charge in [0.2, 0.25) is 5.91 Å². The standard InChI is InChI=1S/C14H17F3N2O2/c1-9-6-18-7-10(9)13(20)19-11-4-2-3-5-12(11)21-8-14(15,16)17/h2-5,9-10,18H,6-8H2,1H3,(H,19,20)/t9-,10-/m1/s1. The molecule has 0 spiro atoms. The number of alkyl halides is 3. The molecule has 0 bridgehead atoms. The van der Waals surface area contributed by atoms with Gasteiger partial charge in [-0.15, -0.1) is 0 Å². The second-order valence-electron chi connectivity index (χ2n) is 5.13. The number of para-hydroxylation sites is 2. The van der Waals surface area contributed by atoms with Crippen molar-refractivity contribution in [1.82, 2.24) is 5.32 Å². The van der Waals surface area contributed by atoms with Crippen molar-refractivity contribution >= 4 is 11.6 Å². The Balaban J connectivity index is 2.04. The first-order valence-corrected chi connectivity index (χ1v) is 6.67. The molecule has 0 radical (unpaired) electrons. The Labute approximate surface area is 120 Å². The SMILES string of the molecule is C[C@@H]1CNC[C@H]1C(=O)Nc1ccccc1OCC(F)(F)F. The van der Waals surface area contributed by atoms with Crippen molar-refractivity contribution in [2.75, 3.05) is 25.0 Å². The van der Waals surface area contributed by atoms with Crippen LogP contribution in [0.3, 0.4) is 0 Å². The van der Waals surface area contributed by atoms with Gasteiger partial charge in [-0.25, -0.2) is 0 Å². The fourth-order valence-corrected chi connectivity index (χ4v) is 2.24. The Kier molecular flexibility index (Phi) is 4.72. The van der Waals surface area contributed by atoms with Gasteiger partial charge in [-0.05, 0) is 24.6 Å². The van der Waals surface area contributed by atoms with Crippen molar-refractivity contribution < 1.29 is 22.7 Å². The number of hydrogen-bond acceptors (Lipinski definition) is 3. The molecule has 116 valence electrons. The van der Waals surface area contributed by atoms with Crippen LogP contribution < -0.4 is 15.4 Å². The van der Waals surface area contributed by atoms with E-state index < -0.39 is 12.8 Å². The molecule has 2 N–H and O–H groups in total. The number of ether oxygens (including phenoxy) is 1. The molecule has 0 aromatic heterocycles. The maximum Gasteiger partial charge on any atom is 0.422 e. The molecule has 2 rings (SSSR count). The lowest BCUT2D eigenvalue weighted by molar-refractivity contribution is -0.153. The minimum absolute atomic E-state index is 0.0155. The number of anilines is 1. The van der Waals surface area contributed by atoms with Crippen LogP contribution in [0.15, 0.2) is 24.3 Å². The molecule has 0 unspecified atom stereocenters. The Morgan fingerprint density at radius 1 is 1.38 bits per heavy atom. The van der Waals surface area contributed by atoms with E-state index in [0.29, 0.717) is 6.54 Å². The molecule has 7 heteroatoms. The second kappa shape index (κ2) is 6.34. The van der Waals surface area contributed by atoms with Crippen molar-refractivity contribution in [3.63, 3.8) is 0 Å². The van der Waals surface area contributed by atoms with Gasteiger partial charge >= 0.3 is 6.18 Å². The third kappa shape index (κ3) is 4.35. The zero-order valence-corrected chi connectivity index (χ0v) is 11.5. The third-order valence-corrected chi connectivity index (χ3v) is 3.39. The summed E-state index contributed by atoms with van der Waals surface area (Å²) in [4.78, 5) is 12.1. The number of halogens is 3. The van der Waals surface area contributed by atoms with Gasteiger partial charge in [0.05, 0.1) is 11.6 Å². The van der Waals surface area contributed by atoms with E-state index in [2.05, 4.69) is 10.6 Å². The fourth-order valence-electron chi connectivity index (χ4n) is 2.24. The first-order chi connectivity index (χ1) is 9.87. The average molecular weight is 302 g/mol. The second-order valence-corrected chi connectivity index (χ2v) is 5.13. The number of nitrogens with one attached hydrogen (secondary N) is 2. The van der Waals surface area contributed by atoms with Crippen LogP contribution in [0.5, 0.6) is 5.75 Å². The molecule has 21 heavy (non-hydrogen) atoms. The molecule has 1 amide bonds. The van der Waals surface area contributed by atoms with E-state index in [1.807, 2.05) is 6.92 Å². The zero-order valence-electron chi connectivity index (χ0n) is 11.5. The van der Waals surface area contributed by atoms with Crippen LogP contribution in [0.25, 0.3) is 0 Å². The number of rotatable bonds is 4. The average Bonchev–Trinajstić information content (AvgIpc) is 2.83. The molecule has 1 aliphatic rings. The molecular formula is C14H17F3N2O2. The summed E-state index contributed by atoms with van der Waals surface area (Å²) in [5.74, 6) is -0.203. The largest absolute Gasteiger partial charge is 0.482 e. The number of carbonyl (C=O) groups is 1. The molecule has 1 heterocycles. The van der Waals surface area contributed by atoms with Gasteiger partial charge in [0, 0.05) is 6.54 Å². The highest BCUT2D eigenvalue weighted by Crippen LogP contribution is 2.27. The van der Waals surface area contributed by atoms with E-state index >= 15 is 0 Å². The van der Waals surface area contributed by atoms with Gasteiger partial charge in [0.15, 0.2) is 6.61 Å². The van der Waals surface area contributed by atoms with Gasteiger partial charge in [-0.3, -0.25) is 4.79 Å². The molecule has 1 aromatic rings. The minimum atomic E-state index is -4.42. The van der Waals surface area contributed by atoms with Gasteiger partial charge in [-0.2, -0.15) is 13.2 Å². The van der Waals surface area contributed by atoms with Crippen molar-refractivity contribution in [1.29, 1.82) is 0 Å². The molecular weight excluding hydrogens is 285 g/mol. The van der Waals surface area contributed by atoms with Gasteiger partial charge < -0.3 is 15.4 Å². The highest BCUT2D eigenvalue weighted by atomic mass is 19.4. The maximum atomic E-state index is 12.2. The Morgan fingerprint density at radius 3 is 2.71 bits per heavy atom. The van der Waals surface area contributed by atoms with Crippen molar-refractivity contribution in [2.24, 2.45) is 11.8 Å². The van der Waals surface area contributed by atoms with E-state index in [-0.39, 0.29) is 29.2 Å². The van der Waals surface area contributed by atoms with Crippen molar-refractivity contribution in [3.8, 4) is 5.75 Å². The third-order valence-electron chi connectivity index (χ3n) is 3.39. The number of hydrogen-bond donors (Lipinski definition) is 2. The fraction of sp³-hybridized carbons (Fsp3) is 0.500. The topological polar surface area (TPSA) is 50.4 Å². The van der Waals surface area contributed by atoms with Crippen LogP contribution in [0.4, 0.5) is 18.9 Å². The smallest absolute Gasteiger partial charge is 0.422 e. The molecule has 1 aliphatic heterocycles. The molecule has 0 saturated carbocycles. The Hall–Kier alpha value is -1.76. The minimum Gasteiger partial charge on any atom is -0.482 e. The monoisotopic (exact) mass is 302 g/mol. The number of amides is 1. The van der Waals surface area contributed by atoms with Gasteiger partial charge in [0.25, 0.3) is 0 Å². The summed E-state index contributed by atoms with van der Waals surface area (Å²) in [6.45, 7) is 1.89. The van der Waals surface area contributed by atoms with Crippen LogP contribution in [0.2, 0.25) is 0 Å². The quantitative estimate of drug-likeness (QED) is 0.898. The van der Waals surface area contributed by atoms with Crippen LogP contribution in [0.1, 0.15) is 6.92 Å². The predicted molar refractivity (Wildman–Crippen MR) is 72.1 cm³/mol. The van der Waals surface area contributed by atoms with Crippen molar-refractivity contribution in [2.45, 2.75) is 13.1 Å². The summed E-state index contributed by atoms with van der Waals surface area (Å²) < 4.78 is 41.4. The van der Waals surface area contributed by atoms with Crippen LogP contribution in [-0.2, 0) is 4.79 Å². The number of benzene rings is 1. The highest BCUT2D eigenvalue weighted by molar-refractivity contribution is 5.94. The summed E-state index contributed by atoms with van der Waals surface area (Å²) >= 11 is 0. The zero-order chi connectivity index (χ0) is 15.5. The molecule has 1 aromatic carbocycles. The summed E-state index contributed by atoms with van der Waals surface area (Å²) in [5, 5.41) is 5.76. The molecule has 1 fully saturated rings. The van der Waals surface area contributed by atoms with Gasteiger partial charge in [0.1, 0.15) is 5.75 Å². The maximum absolute atomic E-state index is 12.2. The summed E-state index contributed by atoms with van der Waals surface area (Å²) in [6.07, 6.45) is -4.42. The van der Waals surface area contributed by atoms with E-state index in [0.717, 1.165) is 6.54 Å². The summed E-state index contributed by atoms with van der Waals surface area (Å²) in [7, 11) is 0. The van der Waals surface area contributed by atoms with Gasteiger partial charge in [-0.1, -0.05) is 19.1 Å². The van der Waals surface area contributed by atoms with E-state index in [1.165, 1.54) is 12.1 Å². The normalized spacial score (nSPS) is 22.1. The van der Waals surface area contributed by atoms with Crippen LogP contribution in [0, 0.1) is 11.8 Å². The van der Waals surface area contributed by atoms with Crippen LogP contribution >= 0.6 is 0 Å². The Bertz CT molecular complexity index is 505.